The van der Waals surface area contributed by atoms with Crippen molar-refractivity contribution in [3.63, 3.8) is 0 Å². The Bertz CT molecular complexity index is 404. The zero-order chi connectivity index (χ0) is 14.4. The maximum Gasteiger partial charge on any atom is 0.263 e. The van der Waals surface area contributed by atoms with E-state index in [2.05, 4.69) is 0 Å². The lowest BCUT2D eigenvalue weighted by Crippen LogP contribution is -2.44. The monoisotopic (exact) mass is 267 g/mol. The minimum absolute atomic E-state index is 0.0719. The number of carbonyl (C=O) groups excluding carboxylic acids is 1. The molecular formula is C14H21NO4. The van der Waals surface area contributed by atoms with Gasteiger partial charge in [0.05, 0.1) is 19.8 Å². The Morgan fingerprint density at radius 1 is 1.26 bits per heavy atom. The number of carbonyl (C=O) groups is 1. The minimum atomic E-state index is -0.604. The van der Waals surface area contributed by atoms with Crippen LogP contribution in [0.1, 0.15) is 13.8 Å². The maximum atomic E-state index is 12.0. The minimum Gasteiger partial charge on any atom is -0.497 e. The van der Waals surface area contributed by atoms with E-state index in [9.17, 15) is 4.79 Å². The molecule has 0 saturated heterocycles. The molecule has 0 saturated carbocycles. The van der Waals surface area contributed by atoms with Gasteiger partial charge in [0.15, 0.2) is 6.10 Å². The first-order valence-corrected chi connectivity index (χ1v) is 6.17. The average molecular weight is 267 g/mol. The van der Waals surface area contributed by atoms with Crippen molar-refractivity contribution in [2.75, 3.05) is 20.8 Å². The van der Waals surface area contributed by atoms with Crippen molar-refractivity contribution in [3.05, 3.63) is 24.3 Å². The first-order valence-electron chi connectivity index (χ1n) is 6.17. The molecule has 0 aliphatic carbocycles. The smallest absolute Gasteiger partial charge is 0.263 e. The molecule has 0 spiro atoms. The fraction of sp³-hybridized carbons (Fsp3) is 0.500. The molecule has 19 heavy (non-hydrogen) atoms. The summed E-state index contributed by atoms with van der Waals surface area (Å²) in [6.07, 6.45) is -0.604. The van der Waals surface area contributed by atoms with Crippen LogP contribution in [-0.4, -0.2) is 48.8 Å². The zero-order valence-corrected chi connectivity index (χ0v) is 11.8. The predicted octanol–water partition coefficient (Wildman–Crippen LogP) is 1.30. The molecule has 5 heteroatoms. The highest BCUT2D eigenvalue weighted by Crippen LogP contribution is 2.18. The second-order valence-electron chi connectivity index (χ2n) is 4.42. The molecule has 1 rings (SSSR count). The lowest BCUT2D eigenvalue weighted by atomic mass is 10.2. The van der Waals surface area contributed by atoms with E-state index >= 15 is 0 Å². The Morgan fingerprint density at radius 2 is 1.79 bits per heavy atom. The van der Waals surface area contributed by atoms with Gasteiger partial charge in [0.1, 0.15) is 11.5 Å². The molecule has 1 amide bonds. The molecule has 1 N–H and O–H groups in total. The van der Waals surface area contributed by atoms with Crippen LogP contribution in [0.4, 0.5) is 0 Å². The second-order valence-corrected chi connectivity index (χ2v) is 4.42. The molecule has 0 aliphatic rings. The van der Waals surface area contributed by atoms with E-state index in [0.29, 0.717) is 5.75 Å². The molecule has 0 bridgehead atoms. The second kappa shape index (κ2) is 6.99. The van der Waals surface area contributed by atoms with E-state index in [1.54, 1.807) is 52.3 Å². The van der Waals surface area contributed by atoms with Crippen molar-refractivity contribution in [2.24, 2.45) is 0 Å². The van der Waals surface area contributed by atoms with Crippen molar-refractivity contribution in [1.82, 2.24) is 4.90 Å². The molecule has 5 nitrogen and oxygen atoms in total. The van der Waals surface area contributed by atoms with E-state index in [1.165, 1.54) is 4.90 Å². The van der Waals surface area contributed by atoms with Crippen LogP contribution in [0.15, 0.2) is 24.3 Å². The van der Waals surface area contributed by atoms with Crippen molar-refractivity contribution in [2.45, 2.75) is 26.0 Å². The highest BCUT2D eigenvalue weighted by atomic mass is 16.5. The van der Waals surface area contributed by atoms with E-state index in [1.807, 2.05) is 0 Å². The van der Waals surface area contributed by atoms with E-state index in [0.717, 1.165) is 5.75 Å². The van der Waals surface area contributed by atoms with Crippen LogP contribution in [0.2, 0.25) is 0 Å². The summed E-state index contributed by atoms with van der Waals surface area (Å²) in [4.78, 5) is 13.5. The normalized spacial score (nSPS) is 13.5. The summed E-state index contributed by atoms with van der Waals surface area (Å²) in [5.74, 6) is 1.17. The molecule has 1 aromatic carbocycles. The maximum absolute atomic E-state index is 12.0. The number of aliphatic hydroxyl groups is 1. The van der Waals surface area contributed by atoms with E-state index in [4.69, 9.17) is 14.6 Å². The van der Waals surface area contributed by atoms with Gasteiger partial charge in [-0.05, 0) is 38.1 Å². The number of likely N-dealkylation sites (N-methyl/N-ethyl adjacent to an activating group) is 1. The number of amides is 1. The van der Waals surface area contributed by atoms with Crippen LogP contribution >= 0.6 is 0 Å². The zero-order valence-electron chi connectivity index (χ0n) is 11.8. The van der Waals surface area contributed by atoms with Gasteiger partial charge in [0, 0.05) is 7.05 Å². The molecule has 0 heterocycles. The molecule has 2 unspecified atom stereocenters. The predicted molar refractivity (Wildman–Crippen MR) is 72.4 cm³/mol. The third-order valence-electron chi connectivity index (χ3n) is 2.99. The van der Waals surface area contributed by atoms with Gasteiger partial charge >= 0.3 is 0 Å². The topological polar surface area (TPSA) is 59.0 Å². The number of hydrogen-bond donors (Lipinski definition) is 1. The molecule has 0 aliphatic heterocycles. The Kier molecular flexibility index (Phi) is 5.63. The van der Waals surface area contributed by atoms with Crippen molar-refractivity contribution in [3.8, 4) is 11.5 Å². The third-order valence-corrected chi connectivity index (χ3v) is 2.99. The third kappa shape index (κ3) is 4.13. The summed E-state index contributed by atoms with van der Waals surface area (Å²) in [6, 6.07) is 6.81. The van der Waals surface area contributed by atoms with Crippen LogP contribution in [0.25, 0.3) is 0 Å². The van der Waals surface area contributed by atoms with E-state index in [-0.39, 0.29) is 18.6 Å². The fourth-order valence-electron chi connectivity index (χ4n) is 1.54. The van der Waals surface area contributed by atoms with Gasteiger partial charge in [-0.15, -0.1) is 0 Å². The summed E-state index contributed by atoms with van der Waals surface area (Å²) >= 11 is 0. The van der Waals surface area contributed by atoms with Gasteiger partial charge in [-0.1, -0.05) is 0 Å². The molecule has 0 aromatic heterocycles. The van der Waals surface area contributed by atoms with E-state index < -0.39 is 6.10 Å². The van der Waals surface area contributed by atoms with Crippen LogP contribution in [0, 0.1) is 0 Å². The highest BCUT2D eigenvalue weighted by molar-refractivity contribution is 5.80. The summed E-state index contributed by atoms with van der Waals surface area (Å²) < 4.78 is 10.6. The quantitative estimate of drug-likeness (QED) is 0.844. The Balaban J connectivity index is 2.62. The number of benzene rings is 1. The highest BCUT2D eigenvalue weighted by Gasteiger charge is 2.22. The van der Waals surface area contributed by atoms with Crippen LogP contribution in [0.3, 0.4) is 0 Å². The molecule has 0 fully saturated rings. The van der Waals surface area contributed by atoms with Crippen molar-refractivity contribution < 1.29 is 19.4 Å². The van der Waals surface area contributed by atoms with Gasteiger partial charge < -0.3 is 19.5 Å². The first-order chi connectivity index (χ1) is 8.99. The Labute approximate surface area is 113 Å². The fourth-order valence-corrected chi connectivity index (χ4v) is 1.54. The summed E-state index contributed by atoms with van der Waals surface area (Å²) in [5, 5.41) is 9.03. The SMILES string of the molecule is COc1ccc(OC(C)C(=O)N(C)C(C)CO)cc1. The molecule has 0 radical (unpaired) electrons. The lowest BCUT2D eigenvalue weighted by molar-refractivity contribution is -0.139. The van der Waals surface area contributed by atoms with Gasteiger partial charge in [-0.2, -0.15) is 0 Å². The largest absolute Gasteiger partial charge is 0.497 e. The van der Waals surface area contributed by atoms with Gasteiger partial charge in [0.25, 0.3) is 5.91 Å². The number of methoxy groups -OCH3 is 1. The van der Waals surface area contributed by atoms with Gasteiger partial charge in [0.2, 0.25) is 0 Å². The number of ether oxygens (including phenoxy) is 2. The summed E-state index contributed by atoms with van der Waals surface area (Å²) in [6.45, 7) is 3.39. The van der Waals surface area contributed by atoms with Gasteiger partial charge in [-0.3, -0.25) is 4.79 Å². The number of rotatable bonds is 6. The summed E-state index contributed by atoms with van der Waals surface area (Å²) in [5.41, 5.74) is 0. The number of nitrogens with zero attached hydrogens (tertiary/aromatic N) is 1. The first kappa shape index (κ1) is 15.3. The van der Waals surface area contributed by atoms with Crippen molar-refractivity contribution in [1.29, 1.82) is 0 Å². The molecule has 2 atom stereocenters. The molecule has 106 valence electrons. The Hall–Kier alpha value is -1.75. The lowest BCUT2D eigenvalue weighted by Gasteiger charge is -2.26. The number of hydrogen-bond acceptors (Lipinski definition) is 4. The average Bonchev–Trinajstić information content (AvgIpc) is 2.45. The number of aliphatic hydroxyl groups excluding tert-OH is 1. The summed E-state index contributed by atoms with van der Waals surface area (Å²) in [7, 11) is 3.24. The Morgan fingerprint density at radius 3 is 2.26 bits per heavy atom. The van der Waals surface area contributed by atoms with Gasteiger partial charge in [-0.25, -0.2) is 0 Å². The van der Waals surface area contributed by atoms with Crippen molar-refractivity contribution >= 4 is 5.91 Å². The molecule has 1 aromatic rings. The standard InChI is InChI=1S/C14H21NO4/c1-10(9-16)15(3)14(17)11(2)19-13-7-5-12(18-4)6-8-13/h5-8,10-11,16H,9H2,1-4H3. The van der Waals surface area contributed by atoms with Crippen LogP contribution < -0.4 is 9.47 Å². The molecular weight excluding hydrogens is 246 g/mol. The van der Waals surface area contributed by atoms with Crippen LogP contribution in [0.5, 0.6) is 11.5 Å². The van der Waals surface area contributed by atoms with Crippen LogP contribution in [-0.2, 0) is 4.79 Å².